The Morgan fingerprint density at radius 2 is 1.76 bits per heavy atom. The van der Waals surface area contributed by atoms with Gasteiger partial charge in [-0.3, -0.25) is 9.59 Å². The third kappa shape index (κ3) is 5.16. The Hall–Kier alpha value is -3.55. The summed E-state index contributed by atoms with van der Waals surface area (Å²) in [6.45, 7) is 3.29. The van der Waals surface area contributed by atoms with Crippen LogP contribution in [0.4, 0.5) is 8.78 Å². The van der Waals surface area contributed by atoms with E-state index in [4.69, 9.17) is 0 Å². The fourth-order valence-electron chi connectivity index (χ4n) is 4.38. The summed E-state index contributed by atoms with van der Waals surface area (Å²) < 4.78 is 28.7. The average molecular weight is 467 g/mol. The molecule has 1 aliphatic rings. The lowest BCUT2D eigenvalue weighted by Crippen LogP contribution is -2.43. The minimum atomic E-state index is -0.329. The van der Waals surface area contributed by atoms with Gasteiger partial charge in [0.25, 0.3) is 5.91 Å². The topological polar surface area (TPSA) is 67.2 Å². The van der Waals surface area contributed by atoms with Crippen molar-refractivity contribution in [1.29, 1.82) is 0 Å². The van der Waals surface area contributed by atoms with Crippen LogP contribution < -0.4 is 5.32 Å². The third-order valence-electron chi connectivity index (χ3n) is 6.31. The van der Waals surface area contributed by atoms with Gasteiger partial charge >= 0.3 is 0 Å². The molecule has 1 N–H and O–H groups in total. The number of carbonyl (C=O) groups excluding carboxylic acids is 2. The average Bonchev–Trinajstić information content (AvgIpc) is 3.29. The molecule has 0 spiro atoms. The minimum absolute atomic E-state index is 0.0539. The van der Waals surface area contributed by atoms with Gasteiger partial charge in [0.05, 0.1) is 23.1 Å². The lowest BCUT2D eigenvalue weighted by atomic mass is 9.95. The number of carbonyl (C=O) groups is 2. The molecule has 4 rings (SSSR count). The van der Waals surface area contributed by atoms with Crippen LogP contribution in [0, 0.1) is 17.6 Å². The molecule has 2 heterocycles. The van der Waals surface area contributed by atoms with Crippen molar-refractivity contribution in [3.8, 4) is 5.69 Å². The summed E-state index contributed by atoms with van der Waals surface area (Å²) in [7, 11) is 0. The molecule has 2 amide bonds. The quantitative estimate of drug-likeness (QED) is 0.574. The summed E-state index contributed by atoms with van der Waals surface area (Å²) in [5.41, 5.74) is 2.57. The molecular formula is C26H28F2N4O2. The first kappa shape index (κ1) is 23.6. The van der Waals surface area contributed by atoms with E-state index in [1.54, 1.807) is 46.1 Å². The maximum Gasteiger partial charge on any atom is 0.257 e. The number of rotatable bonds is 7. The van der Waals surface area contributed by atoms with E-state index in [0.717, 1.165) is 5.69 Å². The first-order valence-corrected chi connectivity index (χ1v) is 11.6. The SMILES string of the molecule is CCc1c(C(=O)N2CCC(C(=O)NCCc3ccccc3F)CC2)cnn1-c1ccc(F)cc1. The van der Waals surface area contributed by atoms with E-state index in [2.05, 4.69) is 10.4 Å². The van der Waals surface area contributed by atoms with E-state index in [0.29, 0.717) is 62.1 Å². The standard InChI is InChI=1S/C26H28F2N4O2/c1-2-24-22(17-30-32(24)21-9-7-20(27)8-10-21)26(34)31-15-12-19(13-16-31)25(33)29-14-11-18-5-3-4-6-23(18)28/h3-10,17,19H,2,11-16H2,1H3,(H,29,33). The van der Waals surface area contributed by atoms with Crippen molar-refractivity contribution >= 4 is 11.8 Å². The Kier molecular flexibility index (Phi) is 7.35. The molecule has 0 aliphatic carbocycles. The van der Waals surface area contributed by atoms with Crippen LogP contribution in [-0.2, 0) is 17.6 Å². The van der Waals surface area contributed by atoms with Gasteiger partial charge in [-0.2, -0.15) is 5.10 Å². The van der Waals surface area contributed by atoms with Crippen LogP contribution in [0.1, 0.15) is 41.4 Å². The number of nitrogens with one attached hydrogen (secondary N) is 1. The van der Waals surface area contributed by atoms with E-state index in [1.165, 1.54) is 18.2 Å². The van der Waals surface area contributed by atoms with Crippen LogP contribution in [0.3, 0.4) is 0 Å². The van der Waals surface area contributed by atoms with Crippen molar-refractivity contribution in [2.75, 3.05) is 19.6 Å². The molecule has 1 aromatic heterocycles. The van der Waals surface area contributed by atoms with Crippen LogP contribution in [0.2, 0.25) is 0 Å². The number of aromatic nitrogens is 2. The summed E-state index contributed by atoms with van der Waals surface area (Å²) in [6.07, 6.45) is 3.74. The normalized spacial score (nSPS) is 14.3. The van der Waals surface area contributed by atoms with Crippen LogP contribution in [0.25, 0.3) is 5.69 Å². The lowest BCUT2D eigenvalue weighted by molar-refractivity contribution is -0.126. The van der Waals surface area contributed by atoms with Crippen molar-refractivity contribution < 1.29 is 18.4 Å². The molecule has 1 fully saturated rings. The van der Waals surface area contributed by atoms with Gasteiger partial charge in [-0.05, 0) is 61.6 Å². The highest BCUT2D eigenvalue weighted by Gasteiger charge is 2.29. The Morgan fingerprint density at radius 3 is 2.44 bits per heavy atom. The smallest absolute Gasteiger partial charge is 0.257 e. The number of likely N-dealkylation sites (tertiary alicyclic amines) is 1. The van der Waals surface area contributed by atoms with Gasteiger partial charge in [0.15, 0.2) is 0 Å². The minimum Gasteiger partial charge on any atom is -0.356 e. The second-order valence-electron chi connectivity index (χ2n) is 8.45. The van der Waals surface area contributed by atoms with Crippen LogP contribution in [-0.4, -0.2) is 46.1 Å². The molecule has 0 bridgehead atoms. The lowest BCUT2D eigenvalue weighted by Gasteiger charge is -2.31. The van der Waals surface area contributed by atoms with Crippen LogP contribution in [0.5, 0.6) is 0 Å². The van der Waals surface area contributed by atoms with Gasteiger partial charge in [0.2, 0.25) is 5.91 Å². The Labute approximate surface area is 197 Å². The van der Waals surface area contributed by atoms with Gasteiger partial charge in [-0.1, -0.05) is 25.1 Å². The number of amides is 2. The molecule has 1 aliphatic heterocycles. The van der Waals surface area contributed by atoms with E-state index in [1.807, 2.05) is 6.92 Å². The molecule has 0 radical (unpaired) electrons. The summed E-state index contributed by atoms with van der Waals surface area (Å²) in [6, 6.07) is 12.5. The molecule has 34 heavy (non-hydrogen) atoms. The third-order valence-corrected chi connectivity index (χ3v) is 6.31. The van der Waals surface area contributed by atoms with Gasteiger partial charge in [-0.25, -0.2) is 13.5 Å². The molecular weight excluding hydrogens is 438 g/mol. The van der Waals surface area contributed by atoms with E-state index in [9.17, 15) is 18.4 Å². The molecule has 1 saturated heterocycles. The van der Waals surface area contributed by atoms with Gasteiger partial charge < -0.3 is 10.2 Å². The zero-order valence-corrected chi connectivity index (χ0v) is 19.1. The summed E-state index contributed by atoms with van der Waals surface area (Å²) in [5.74, 6) is -0.926. The molecule has 6 nitrogen and oxygen atoms in total. The molecule has 8 heteroatoms. The highest BCUT2D eigenvalue weighted by molar-refractivity contribution is 5.95. The second kappa shape index (κ2) is 10.6. The summed E-state index contributed by atoms with van der Waals surface area (Å²) >= 11 is 0. The predicted molar refractivity (Wildman–Crippen MR) is 125 cm³/mol. The molecule has 0 unspecified atom stereocenters. The molecule has 3 aromatic rings. The Bertz CT molecular complexity index is 1150. The fourth-order valence-corrected chi connectivity index (χ4v) is 4.38. The first-order valence-electron chi connectivity index (χ1n) is 11.6. The van der Waals surface area contributed by atoms with Crippen LogP contribution in [0.15, 0.2) is 54.7 Å². The summed E-state index contributed by atoms with van der Waals surface area (Å²) in [4.78, 5) is 27.5. The van der Waals surface area contributed by atoms with Crippen molar-refractivity contribution in [3.05, 3.63) is 83.2 Å². The summed E-state index contributed by atoms with van der Waals surface area (Å²) in [5, 5.41) is 7.27. The number of hydrogen-bond acceptors (Lipinski definition) is 3. The molecule has 2 aromatic carbocycles. The monoisotopic (exact) mass is 466 g/mol. The first-order chi connectivity index (χ1) is 16.5. The zero-order chi connectivity index (χ0) is 24.1. The highest BCUT2D eigenvalue weighted by atomic mass is 19.1. The number of halogens is 2. The number of benzene rings is 2. The predicted octanol–water partition coefficient (Wildman–Crippen LogP) is 3.92. The molecule has 0 saturated carbocycles. The zero-order valence-electron chi connectivity index (χ0n) is 19.1. The molecule has 178 valence electrons. The van der Waals surface area contributed by atoms with Crippen molar-refractivity contribution in [2.45, 2.75) is 32.6 Å². The van der Waals surface area contributed by atoms with E-state index >= 15 is 0 Å². The number of piperidine rings is 1. The Balaban J connectivity index is 1.32. The van der Waals surface area contributed by atoms with Crippen molar-refractivity contribution in [2.24, 2.45) is 5.92 Å². The largest absolute Gasteiger partial charge is 0.356 e. The van der Waals surface area contributed by atoms with E-state index < -0.39 is 0 Å². The number of hydrogen-bond donors (Lipinski definition) is 1. The molecule has 0 atom stereocenters. The van der Waals surface area contributed by atoms with Crippen LogP contribution >= 0.6 is 0 Å². The van der Waals surface area contributed by atoms with E-state index in [-0.39, 0.29) is 29.4 Å². The maximum absolute atomic E-state index is 13.7. The second-order valence-corrected chi connectivity index (χ2v) is 8.45. The Morgan fingerprint density at radius 1 is 1.06 bits per heavy atom. The van der Waals surface area contributed by atoms with Crippen molar-refractivity contribution in [3.63, 3.8) is 0 Å². The van der Waals surface area contributed by atoms with Gasteiger partial charge in [-0.15, -0.1) is 0 Å². The van der Waals surface area contributed by atoms with Crippen molar-refractivity contribution in [1.82, 2.24) is 20.0 Å². The highest BCUT2D eigenvalue weighted by Crippen LogP contribution is 2.22. The van der Waals surface area contributed by atoms with Gasteiger partial charge in [0, 0.05) is 25.6 Å². The fraction of sp³-hybridized carbons (Fsp3) is 0.346. The van der Waals surface area contributed by atoms with Gasteiger partial charge in [0.1, 0.15) is 11.6 Å². The maximum atomic E-state index is 13.7. The number of nitrogens with zero attached hydrogens (tertiary/aromatic N) is 3.